The fourth-order valence-corrected chi connectivity index (χ4v) is 4.82. The number of ether oxygens (including phenoxy) is 1. The monoisotopic (exact) mass is 322 g/mol. The van der Waals surface area contributed by atoms with Crippen LogP contribution in [0.2, 0.25) is 0 Å². The van der Waals surface area contributed by atoms with E-state index in [1.807, 2.05) is 7.05 Å². The maximum Gasteiger partial charge on any atom is 0.193 e. The standard InChI is InChI=1S/C18H34N4O/c1-19-17(22-11-9-18(15-22)7-3-4-8-18)20-14-16-6-5-10-21(16)12-13-23-2/h16H,3-15H2,1-2H3,(H,19,20). The predicted molar refractivity (Wildman–Crippen MR) is 94.9 cm³/mol. The Morgan fingerprint density at radius 1 is 1.22 bits per heavy atom. The summed E-state index contributed by atoms with van der Waals surface area (Å²) in [6.45, 7) is 6.50. The van der Waals surface area contributed by atoms with E-state index in [-0.39, 0.29) is 0 Å². The second kappa shape index (κ2) is 7.84. The van der Waals surface area contributed by atoms with E-state index in [1.165, 1.54) is 64.6 Å². The SMILES string of the molecule is CN=C(NCC1CCCN1CCOC)N1CCC2(CCCC2)C1. The van der Waals surface area contributed by atoms with Crippen LogP contribution in [0.1, 0.15) is 44.9 Å². The van der Waals surface area contributed by atoms with E-state index in [0.29, 0.717) is 11.5 Å². The average Bonchev–Trinajstić information content (AvgIpc) is 3.29. The number of likely N-dealkylation sites (tertiary alicyclic amines) is 2. The van der Waals surface area contributed by atoms with Gasteiger partial charge >= 0.3 is 0 Å². The van der Waals surface area contributed by atoms with Crippen molar-refractivity contribution in [3.05, 3.63) is 0 Å². The molecule has 0 aromatic rings. The summed E-state index contributed by atoms with van der Waals surface area (Å²) >= 11 is 0. The molecule has 5 heteroatoms. The first-order valence-corrected chi connectivity index (χ1v) is 9.45. The minimum Gasteiger partial charge on any atom is -0.383 e. The lowest BCUT2D eigenvalue weighted by molar-refractivity contribution is 0.141. The van der Waals surface area contributed by atoms with Crippen LogP contribution in [0.4, 0.5) is 0 Å². The van der Waals surface area contributed by atoms with Crippen LogP contribution < -0.4 is 5.32 Å². The Balaban J connectivity index is 1.48. The summed E-state index contributed by atoms with van der Waals surface area (Å²) in [7, 11) is 3.72. The van der Waals surface area contributed by atoms with Crippen LogP contribution in [0, 0.1) is 5.41 Å². The molecule has 1 spiro atoms. The Kier molecular flexibility index (Phi) is 5.81. The van der Waals surface area contributed by atoms with Crippen molar-refractivity contribution >= 4 is 5.96 Å². The van der Waals surface area contributed by atoms with Crippen molar-refractivity contribution in [3.63, 3.8) is 0 Å². The number of guanidine groups is 1. The van der Waals surface area contributed by atoms with Crippen LogP contribution in [-0.4, -0.2) is 75.3 Å². The third-order valence-electron chi connectivity index (χ3n) is 6.19. The average molecular weight is 322 g/mol. The molecule has 1 aliphatic carbocycles. The molecule has 5 nitrogen and oxygen atoms in total. The van der Waals surface area contributed by atoms with Gasteiger partial charge in [-0.3, -0.25) is 9.89 Å². The molecule has 3 rings (SSSR count). The number of nitrogens with zero attached hydrogens (tertiary/aromatic N) is 3. The fourth-order valence-electron chi connectivity index (χ4n) is 4.82. The summed E-state index contributed by atoms with van der Waals surface area (Å²) in [6.07, 6.45) is 9.66. The van der Waals surface area contributed by atoms with Gasteiger partial charge in [0.2, 0.25) is 0 Å². The molecule has 2 saturated heterocycles. The Morgan fingerprint density at radius 2 is 2.04 bits per heavy atom. The molecule has 132 valence electrons. The van der Waals surface area contributed by atoms with Gasteiger partial charge in [-0.2, -0.15) is 0 Å². The largest absolute Gasteiger partial charge is 0.383 e. The molecule has 0 amide bonds. The molecule has 0 aromatic heterocycles. The first-order chi connectivity index (χ1) is 11.3. The second-order valence-electron chi connectivity index (χ2n) is 7.63. The lowest BCUT2D eigenvalue weighted by Gasteiger charge is -2.29. The molecule has 3 fully saturated rings. The summed E-state index contributed by atoms with van der Waals surface area (Å²) in [4.78, 5) is 9.62. The van der Waals surface area contributed by atoms with Gasteiger partial charge in [-0.05, 0) is 44.1 Å². The van der Waals surface area contributed by atoms with Crippen LogP contribution in [-0.2, 0) is 4.74 Å². The molecule has 2 heterocycles. The molecule has 0 bridgehead atoms. The highest BCUT2D eigenvalue weighted by Gasteiger charge is 2.41. The van der Waals surface area contributed by atoms with Crippen molar-refractivity contribution in [2.75, 3.05) is 53.5 Å². The van der Waals surface area contributed by atoms with Crippen molar-refractivity contribution in [2.24, 2.45) is 10.4 Å². The molecule has 1 atom stereocenters. The Labute approximate surface area is 141 Å². The summed E-state index contributed by atoms with van der Waals surface area (Å²) in [5.41, 5.74) is 0.607. The van der Waals surface area contributed by atoms with Gasteiger partial charge in [-0.1, -0.05) is 12.8 Å². The summed E-state index contributed by atoms with van der Waals surface area (Å²) in [6, 6.07) is 0.630. The molecular formula is C18H34N4O. The molecular weight excluding hydrogens is 288 g/mol. The normalized spacial score (nSPS) is 28.2. The third kappa shape index (κ3) is 4.00. The molecule has 23 heavy (non-hydrogen) atoms. The summed E-state index contributed by atoms with van der Waals surface area (Å²) < 4.78 is 5.24. The molecule has 1 unspecified atom stereocenters. The van der Waals surface area contributed by atoms with Gasteiger partial charge in [0.15, 0.2) is 5.96 Å². The van der Waals surface area contributed by atoms with Crippen molar-refractivity contribution in [1.29, 1.82) is 0 Å². The zero-order valence-electron chi connectivity index (χ0n) is 15.0. The van der Waals surface area contributed by atoms with Crippen molar-refractivity contribution in [3.8, 4) is 0 Å². The second-order valence-corrected chi connectivity index (χ2v) is 7.63. The Hall–Kier alpha value is -0.810. The van der Waals surface area contributed by atoms with Gasteiger partial charge in [-0.25, -0.2) is 0 Å². The number of hydrogen-bond acceptors (Lipinski definition) is 3. The smallest absolute Gasteiger partial charge is 0.193 e. The Morgan fingerprint density at radius 3 is 2.78 bits per heavy atom. The topological polar surface area (TPSA) is 40.1 Å². The van der Waals surface area contributed by atoms with Gasteiger partial charge in [0, 0.05) is 46.4 Å². The Bertz CT molecular complexity index is 406. The lowest BCUT2D eigenvalue weighted by atomic mass is 9.86. The molecule has 2 aliphatic heterocycles. The third-order valence-corrected chi connectivity index (χ3v) is 6.19. The van der Waals surface area contributed by atoms with E-state index < -0.39 is 0 Å². The highest BCUT2D eigenvalue weighted by molar-refractivity contribution is 5.80. The van der Waals surface area contributed by atoms with Gasteiger partial charge in [0.05, 0.1) is 6.61 Å². The van der Waals surface area contributed by atoms with Crippen LogP contribution in [0.5, 0.6) is 0 Å². The first-order valence-electron chi connectivity index (χ1n) is 9.45. The van der Waals surface area contributed by atoms with Gasteiger partial charge in [0.1, 0.15) is 0 Å². The minimum absolute atomic E-state index is 0.607. The minimum atomic E-state index is 0.607. The predicted octanol–water partition coefficient (Wildman–Crippen LogP) is 1.94. The zero-order chi connectivity index (χ0) is 16.1. The number of hydrogen-bond donors (Lipinski definition) is 1. The van der Waals surface area contributed by atoms with Crippen molar-refractivity contribution < 1.29 is 4.74 Å². The highest BCUT2D eigenvalue weighted by Crippen LogP contribution is 2.45. The molecule has 1 saturated carbocycles. The van der Waals surface area contributed by atoms with Crippen LogP contribution >= 0.6 is 0 Å². The lowest BCUT2D eigenvalue weighted by Crippen LogP contribution is -2.47. The highest BCUT2D eigenvalue weighted by atomic mass is 16.5. The zero-order valence-corrected chi connectivity index (χ0v) is 15.0. The molecule has 0 radical (unpaired) electrons. The number of nitrogens with one attached hydrogen (secondary N) is 1. The van der Waals surface area contributed by atoms with Crippen LogP contribution in [0.15, 0.2) is 4.99 Å². The van der Waals surface area contributed by atoms with E-state index in [1.54, 1.807) is 7.11 Å². The number of methoxy groups -OCH3 is 1. The van der Waals surface area contributed by atoms with Gasteiger partial charge < -0.3 is 15.0 Å². The fraction of sp³-hybridized carbons (Fsp3) is 0.944. The number of aliphatic imine (C=N–C) groups is 1. The quantitative estimate of drug-likeness (QED) is 0.620. The van der Waals surface area contributed by atoms with Crippen LogP contribution in [0.3, 0.4) is 0 Å². The van der Waals surface area contributed by atoms with Crippen LogP contribution in [0.25, 0.3) is 0 Å². The van der Waals surface area contributed by atoms with Crippen molar-refractivity contribution in [1.82, 2.24) is 15.1 Å². The van der Waals surface area contributed by atoms with Gasteiger partial charge in [-0.15, -0.1) is 0 Å². The maximum absolute atomic E-state index is 5.24. The van der Waals surface area contributed by atoms with E-state index in [4.69, 9.17) is 4.74 Å². The van der Waals surface area contributed by atoms with Crippen molar-refractivity contribution in [2.45, 2.75) is 51.0 Å². The molecule has 3 aliphatic rings. The summed E-state index contributed by atoms with van der Waals surface area (Å²) in [5.74, 6) is 1.12. The van der Waals surface area contributed by atoms with E-state index >= 15 is 0 Å². The molecule has 1 N–H and O–H groups in total. The summed E-state index contributed by atoms with van der Waals surface area (Å²) in [5, 5.41) is 3.66. The van der Waals surface area contributed by atoms with E-state index in [2.05, 4.69) is 20.1 Å². The van der Waals surface area contributed by atoms with E-state index in [0.717, 1.165) is 25.7 Å². The maximum atomic E-state index is 5.24. The van der Waals surface area contributed by atoms with E-state index in [9.17, 15) is 0 Å². The number of rotatable bonds is 5. The molecule has 0 aromatic carbocycles. The van der Waals surface area contributed by atoms with Gasteiger partial charge in [0.25, 0.3) is 0 Å². The first kappa shape index (κ1) is 17.0.